The summed E-state index contributed by atoms with van der Waals surface area (Å²) in [4.78, 5) is 14.4. The molecule has 0 saturated carbocycles. The van der Waals surface area contributed by atoms with Crippen LogP contribution >= 0.6 is 0 Å². The highest BCUT2D eigenvalue weighted by atomic mass is 19.1. The number of nitrogens with zero attached hydrogens (tertiary/aromatic N) is 4. The molecule has 108 valence electrons. The summed E-state index contributed by atoms with van der Waals surface area (Å²) in [6.45, 7) is 7.26. The minimum absolute atomic E-state index is 0.228. The smallest absolute Gasteiger partial charge is 0.302 e. The van der Waals surface area contributed by atoms with Gasteiger partial charge in [-0.05, 0) is 25.2 Å². The number of rotatable bonds is 6. The topological polar surface area (TPSA) is 43.1 Å². The van der Waals surface area contributed by atoms with Gasteiger partial charge < -0.3 is 4.90 Å². The van der Waals surface area contributed by atoms with E-state index in [1.54, 1.807) is 18.2 Å². The van der Waals surface area contributed by atoms with Crippen molar-refractivity contribution in [1.29, 1.82) is 0 Å². The molecule has 20 heavy (non-hydrogen) atoms. The Kier molecular flexibility index (Phi) is 4.68. The lowest BCUT2D eigenvalue weighted by atomic mass is 10.3. The van der Waals surface area contributed by atoms with Gasteiger partial charge in [0, 0.05) is 6.54 Å². The molecule has 0 radical (unpaired) electrons. The largest absolute Gasteiger partial charge is 0.350 e. The fourth-order valence-electron chi connectivity index (χ4n) is 2.08. The van der Waals surface area contributed by atoms with Crippen molar-refractivity contribution in [2.45, 2.75) is 20.4 Å². The first-order valence-corrected chi connectivity index (χ1v) is 6.79. The highest BCUT2D eigenvalue weighted by Crippen LogP contribution is 2.09. The molecule has 1 aromatic carbocycles. The summed E-state index contributed by atoms with van der Waals surface area (Å²) >= 11 is 0. The first kappa shape index (κ1) is 14.5. The number of hydrogen-bond donors (Lipinski definition) is 0. The zero-order valence-electron chi connectivity index (χ0n) is 11.8. The minimum atomic E-state index is -0.433. The molecule has 0 fully saturated rings. The van der Waals surface area contributed by atoms with Crippen molar-refractivity contribution in [3.63, 3.8) is 0 Å². The van der Waals surface area contributed by atoms with Crippen molar-refractivity contribution in [3.8, 4) is 5.69 Å². The molecule has 0 amide bonds. The van der Waals surface area contributed by atoms with E-state index in [0.717, 1.165) is 19.6 Å². The van der Waals surface area contributed by atoms with E-state index < -0.39 is 5.82 Å². The second kappa shape index (κ2) is 6.47. The molecule has 6 heteroatoms. The number of hydrogen-bond acceptors (Lipinski definition) is 3. The zero-order chi connectivity index (χ0) is 14.5. The second-order valence-electron chi connectivity index (χ2n) is 4.48. The standard InChI is InChI=1S/C14H19FN4O/c1-3-17(4-2)9-10-19-14(20)18(11-16-19)13-8-6-5-7-12(13)15/h5-8,11H,3-4,9-10H2,1-2H3. The fourth-order valence-corrected chi connectivity index (χ4v) is 2.08. The molecule has 0 bridgehead atoms. The van der Waals surface area contributed by atoms with Gasteiger partial charge in [0.05, 0.1) is 12.2 Å². The summed E-state index contributed by atoms with van der Waals surface area (Å²) in [5, 5.41) is 4.05. The van der Waals surface area contributed by atoms with Crippen LogP contribution < -0.4 is 5.69 Å². The van der Waals surface area contributed by atoms with Gasteiger partial charge in [-0.2, -0.15) is 5.10 Å². The molecule has 0 atom stereocenters. The van der Waals surface area contributed by atoms with Crippen molar-refractivity contribution in [1.82, 2.24) is 19.2 Å². The van der Waals surface area contributed by atoms with E-state index in [1.807, 2.05) is 0 Å². The lowest BCUT2D eigenvalue weighted by molar-refractivity contribution is 0.283. The monoisotopic (exact) mass is 278 g/mol. The van der Waals surface area contributed by atoms with Crippen LogP contribution in [0.15, 0.2) is 35.4 Å². The molecule has 1 aromatic heterocycles. The zero-order valence-corrected chi connectivity index (χ0v) is 11.8. The summed E-state index contributed by atoms with van der Waals surface area (Å²) < 4.78 is 16.3. The summed E-state index contributed by atoms with van der Waals surface area (Å²) in [6, 6.07) is 6.18. The molecule has 1 heterocycles. The van der Waals surface area contributed by atoms with Crippen molar-refractivity contribution in [3.05, 3.63) is 46.9 Å². The summed E-state index contributed by atoms with van der Waals surface area (Å²) in [7, 11) is 0. The predicted molar refractivity (Wildman–Crippen MR) is 75.6 cm³/mol. The Morgan fingerprint density at radius 2 is 1.95 bits per heavy atom. The summed E-state index contributed by atoms with van der Waals surface area (Å²) in [6.07, 6.45) is 1.36. The summed E-state index contributed by atoms with van der Waals surface area (Å²) in [5.41, 5.74) is -0.0890. The molecule has 0 aliphatic carbocycles. The van der Waals surface area contributed by atoms with Crippen LogP contribution in [0.1, 0.15) is 13.8 Å². The average Bonchev–Trinajstić information content (AvgIpc) is 2.82. The van der Waals surface area contributed by atoms with Crippen molar-refractivity contribution in [2.75, 3.05) is 19.6 Å². The fraction of sp³-hybridized carbons (Fsp3) is 0.429. The van der Waals surface area contributed by atoms with Gasteiger partial charge >= 0.3 is 5.69 Å². The van der Waals surface area contributed by atoms with Gasteiger partial charge in [-0.3, -0.25) is 0 Å². The van der Waals surface area contributed by atoms with E-state index >= 15 is 0 Å². The van der Waals surface area contributed by atoms with Gasteiger partial charge in [0.25, 0.3) is 0 Å². The van der Waals surface area contributed by atoms with E-state index in [-0.39, 0.29) is 11.4 Å². The molecule has 5 nitrogen and oxygen atoms in total. The molecule has 0 aliphatic heterocycles. The van der Waals surface area contributed by atoms with Crippen LogP contribution in [0, 0.1) is 5.82 Å². The molecule has 0 aliphatic rings. The van der Waals surface area contributed by atoms with Crippen LogP contribution in [-0.4, -0.2) is 38.9 Å². The molecule has 2 rings (SSSR count). The van der Waals surface area contributed by atoms with E-state index in [9.17, 15) is 9.18 Å². The second-order valence-corrected chi connectivity index (χ2v) is 4.48. The number of halogens is 1. The van der Waals surface area contributed by atoms with Crippen LogP contribution in [0.4, 0.5) is 4.39 Å². The maximum Gasteiger partial charge on any atom is 0.350 e. The Balaban J connectivity index is 2.20. The SMILES string of the molecule is CCN(CC)CCn1ncn(-c2ccccc2F)c1=O. The van der Waals surface area contributed by atoms with Gasteiger partial charge in [-0.15, -0.1) is 0 Å². The Bertz CT molecular complexity index is 616. The first-order chi connectivity index (χ1) is 9.67. The molecule has 0 saturated heterocycles. The highest BCUT2D eigenvalue weighted by Gasteiger charge is 2.10. The van der Waals surface area contributed by atoms with Crippen molar-refractivity contribution in [2.24, 2.45) is 0 Å². The van der Waals surface area contributed by atoms with E-state index in [0.29, 0.717) is 6.54 Å². The van der Waals surface area contributed by atoms with E-state index in [2.05, 4.69) is 23.8 Å². The number of para-hydroxylation sites is 1. The predicted octanol–water partition coefficient (Wildman–Crippen LogP) is 1.51. The molecular formula is C14H19FN4O. The van der Waals surface area contributed by atoms with Crippen molar-refractivity contribution < 1.29 is 4.39 Å². The van der Waals surface area contributed by atoms with Crippen LogP contribution in [0.3, 0.4) is 0 Å². The number of benzene rings is 1. The first-order valence-electron chi connectivity index (χ1n) is 6.79. The van der Waals surface area contributed by atoms with Gasteiger partial charge in [0.1, 0.15) is 12.1 Å². The summed E-state index contributed by atoms with van der Waals surface area (Å²) in [5.74, 6) is -0.433. The van der Waals surface area contributed by atoms with Gasteiger partial charge in [-0.1, -0.05) is 26.0 Å². The minimum Gasteiger partial charge on any atom is -0.302 e. The number of aromatic nitrogens is 3. The Labute approximate surface area is 117 Å². The lowest BCUT2D eigenvalue weighted by Crippen LogP contribution is -2.32. The van der Waals surface area contributed by atoms with E-state index in [1.165, 1.54) is 21.6 Å². The normalized spacial score (nSPS) is 11.2. The van der Waals surface area contributed by atoms with Crippen LogP contribution in [0.2, 0.25) is 0 Å². The third-order valence-electron chi connectivity index (χ3n) is 3.37. The number of likely N-dealkylation sites (N-methyl/N-ethyl adjacent to an activating group) is 1. The Morgan fingerprint density at radius 1 is 1.25 bits per heavy atom. The molecular weight excluding hydrogens is 259 g/mol. The quantitative estimate of drug-likeness (QED) is 0.804. The van der Waals surface area contributed by atoms with Gasteiger partial charge in [0.15, 0.2) is 0 Å². The van der Waals surface area contributed by atoms with Crippen LogP contribution in [-0.2, 0) is 6.54 Å². The lowest BCUT2D eigenvalue weighted by Gasteiger charge is -2.16. The maximum absolute atomic E-state index is 13.7. The van der Waals surface area contributed by atoms with Crippen LogP contribution in [0.5, 0.6) is 0 Å². The van der Waals surface area contributed by atoms with Crippen molar-refractivity contribution >= 4 is 0 Å². The van der Waals surface area contributed by atoms with Crippen LogP contribution in [0.25, 0.3) is 5.69 Å². The van der Waals surface area contributed by atoms with E-state index in [4.69, 9.17) is 0 Å². The molecule has 0 spiro atoms. The molecule has 0 unspecified atom stereocenters. The third kappa shape index (κ3) is 2.96. The molecule has 0 N–H and O–H groups in total. The third-order valence-corrected chi connectivity index (χ3v) is 3.37. The molecule has 2 aromatic rings. The Morgan fingerprint density at radius 3 is 2.60 bits per heavy atom. The average molecular weight is 278 g/mol. The van der Waals surface area contributed by atoms with Gasteiger partial charge in [-0.25, -0.2) is 18.4 Å². The van der Waals surface area contributed by atoms with Gasteiger partial charge in [0.2, 0.25) is 0 Å². The highest BCUT2D eigenvalue weighted by molar-refractivity contribution is 5.32. The Hall–Kier alpha value is -1.95. The maximum atomic E-state index is 13.7.